The van der Waals surface area contributed by atoms with E-state index in [1.807, 2.05) is 6.07 Å². The summed E-state index contributed by atoms with van der Waals surface area (Å²) in [6.45, 7) is 6.75. The lowest BCUT2D eigenvalue weighted by molar-refractivity contribution is -0.143. The second-order valence-electron chi connectivity index (χ2n) is 9.48. The van der Waals surface area contributed by atoms with E-state index >= 15 is 0 Å². The quantitative estimate of drug-likeness (QED) is 0.336. The minimum Gasteiger partial charge on any atom is -0.504 e. The monoisotopic (exact) mass is 376 g/mol. The first-order valence-electron chi connectivity index (χ1n) is 10.4. The van der Waals surface area contributed by atoms with Crippen LogP contribution in [0.5, 0.6) is 11.5 Å². The van der Waals surface area contributed by atoms with Crippen LogP contribution in [0.2, 0.25) is 0 Å². The van der Waals surface area contributed by atoms with Crippen molar-refractivity contribution in [2.24, 2.45) is 10.8 Å². The number of rotatable bonds is 11. The fourth-order valence-corrected chi connectivity index (χ4v) is 3.81. The van der Waals surface area contributed by atoms with Crippen LogP contribution in [0.1, 0.15) is 89.7 Å². The first-order chi connectivity index (χ1) is 12.6. The van der Waals surface area contributed by atoms with Gasteiger partial charge in [0.2, 0.25) is 0 Å². The van der Waals surface area contributed by atoms with Crippen molar-refractivity contribution < 1.29 is 20.1 Å². The number of phenolic OH excluding ortho intramolecular Hbond substituents is 2. The lowest BCUT2D eigenvalue weighted by atomic mass is 9.88. The number of benzene rings is 1. The van der Waals surface area contributed by atoms with E-state index < -0.39 is 11.4 Å². The van der Waals surface area contributed by atoms with Crippen molar-refractivity contribution in [2.75, 3.05) is 0 Å². The second-order valence-corrected chi connectivity index (χ2v) is 9.48. The Labute approximate surface area is 163 Å². The molecule has 1 aromatic carbocycles. The smallest absolute Gasteiger partial charge is 0.309 e. The van der Waals surface area contributed by atoms with E-state index in [1.54, 1.807) is 6.07 Å². The Bertz CT molecular complexity index is 639. The topological polar surface area (TPSA) is 77.8 Å². The average molecular weight is 377 g/mol. The molecule has 27 heavy (non-hydrogen) atoms. The summed E-state index contributed by atoms with van der Waals surface area (Å²) in [4.78, 5) is 11.2. The van der Waals surface area contributed by atoms with Gasteiger partial charge in [-0.15, -0.1) is 0 Å². The third-order valence-electron chi connectivity index (χ3n) is 5.87. The number of unbranched alkanes of at least 4 members (excludes halogenated alkanes) is 3. The fraction of sp³-hybridized carbons (Fsp3) is 0.696. The third kappa shape index (κ3) is 6.44. The van der Waals surface area contributed by atoms with Crippen LogP contribution < -0.4 is 0 Å². The molecule has 0 heterocycles. The summed E-state index contributed by atoms with van der Waals surface area (Å²) in [6, 6.07) is 3.52. The normalized spacial score (nSPS) is 15.7. The highest BCUT2D eigenvalue weighted by atomic mass is 16.4. The summed E-state index contributed by atoms with van der Waals surface area (Å²) in [7, 11) is 0. The van der Waals surface area contributed by atoms with Crippen molar-refractivity contribution in [2.45, 2.75) is 91.4 Å². The minimum absolute atomic E-state index is 0.0209. The number of carbonyl (C=O) groups is 1. The predicted molar refractivity (Wildman–Crippen MR) is 108 cm³/mol. The molecule has 2 rings (SSSR count). The molecule has 0 atom stereocenters. The van der Waals surface area contributed by atoms with Crippen molar-refractivity contribution >= 4 is 5.97 Å². The van der Waals surface area contributed by atoms with Crippen LogP contribution in [0.3, 0.4) is 0 Å². The van der Waals surface area contributed by atoms with Crippen LogP contribution in [0.4, 0.5) is 0 Å². The SMILES string of the molecule is CC(C)(C)CCCCc1ccc(O)c(O)c1CCCCCC1(C(=O)O)CC1. The van der Waals surface area contributed by atoms with Gasteiger partial charge in [0.1, 0.15) is 0 Å². The van der Waals surface area contributed by atoms with Gasteiger partial charge in [-0.3, -0.25) is 4.79 Å². The lowest BCUT2D eigenvalue weighted by Crippen LogP contribution is -2.14. The summed E-state index contributed by atoms with van der Waals surface area (Å²) in [6.07, 6.45) is 10.2. The molecule has 1 aliphatic carbocycles. The molecule has 0 amide bonds. The fourth-order valence-electron chi connectivity index (χ4n) is 3.81. The molecule has 0 aromatic heterocycles. The zero-order chi connectivity index (χ0) is 20.1. The molecule has 0 bridgehead atoms. The standard InChI is InChI=1S/C23H36O4/c1-22(2,3)13-8-6-9-17-11-12-19(24)20(25)18(17)10-5-4-7-14-23(15-16-23)21(26)27/h11-12,24-25H,4-10,13-16H2,1-3H3,(H,26,27). The molecule has 1 aliphatic rings. The first kappa shape index (κ1) is 21.6. The van der Waals surface area contributed by atoms with Crippen LogP contribution in [0, 0.1) is 10.8 Å². The Morgan fingerprint density at radius 3 is 2.26 bits per heavy atom. The molecule has 0 spiro atoms. The number of carboxylic acid groups (broad SMARTS) is 1. The van der Waals surface area contributed by atoms with Gasteiger partial charge in [0.15, 0.2) is 11.5 Å². The van der Waals surface area contributed by atoms with E-state index in [2.05, 4.69) is 20.8 Å². The number of aromatic hydroxyl groups is 2. The van der Waals surface area contributed by atoms with E-state index in [0.29, 0.717) is 5.41 Å². The number of carboxylic acids is 1. The van der Waals surface area contributed by atoms with Crippen molar-refractivity contribution in [3.05, 3.63) is 23.3 Å². The minimum atomic E-state index is -0.648. The predicted octanol–water partition coefficient (Wildman–Crippen LogP) is 5.82. The van der Waals surface area contributed by atoms with Gasteiger partial charge >= 0.3 is 5.97 Å². The highest BCUT2D eigenvalue weighted by molar-refractivity contribution is 5.77. The Kier molecular flexibility index (Phi) is 7.19. The Morgan fingerprint density at radius 2 is 1.67 bits per heavy atom. The number of hydrogen-bond donors (Lipinski definition) is 3. The number of aryl methyl sites for hydroxylation is 1. The average Bonchev–Trinajstić information content (AvgIpc) is 3.36. The summed E-state index contributed by atoms with van der Waals surface area (Å²) < 4.78 is 0. The molecule has 0 aliphatic heterocycles. The highest BCUT2D eigenvalue weighted by Gasteiger charge is 2.49. The maximum absolute atomic E-state index is 11.2. The summed E-state index contributed by atoms with van der Waals surface area (Å²) in [5, 5.41) is 29.4. The van der Waals surface area contributed by atoms with Gasteiger partial charge in [0.05, 0.1) is 5.41 Å². The Morgan fingerprint density at radius 1 is 1.00 bits per heavy atom. The van der Waals surface area contributed by atoms with Gasteiger partial charge in [0.25, 0.3) is 0 Å². The number of phenols is 2. The van der Waals surface area contributed by atoms with Crippen LogP contribution >= 0.6 is 0 Å². The molecular weight excluding hydrogens is 340 g/mol. The largest absolute Gasteiger partial charge is 0.504 e. The first-order valence-corrected chi connectivity index (χ1v) is 10.4. The van der Waals surface area contributed by atoms with Gasteiger partial charge in [-0.25, -0.2) is 0 Å². The summed E-state index contributed by atoms with van der Waals surface area (Å²) >= 11 is 0. The lowest BCUT2D eigenvalue weighted by Gasteiger charge is -2.18. The van der Waals surface area contributed by atoms with Crippen LogP contribution in [0.15, 0.2) is 12.1 Å². The van der Waals surface area contributed by atoms with E-state index in [1.165, 1.54) is 6.42 Å². The molecule has 3 N–H and O–H groups in total. The summed E-state index contributed by atoms with van der Waals surface area (Å²) in [5.74, 6) is -0.676. The van der Waals surface area contributed by atoms with Crippen molar-refractivity contribution in [1.82, 2.24) is 0 Å². The maximum atomic E-state index is 11.2. The van der Waals surface area contributed by atoms with Crippen molar-refractivity contribution in [3.63, 3.8) is 0 Å². The van der Waals surface area contributed by atoms with Gasteiger partial charge in [-0.2, -0.15) is 0 Å². The van der Waals surface area contributed by atoms with E-state index in [0.717, 1.165) is 75.3 Å². The Hall–Kier alpha value is -1.71. The molecule has 0 unspecified atom stereocenters. The zero-order valence-electron chi connectivity index (χ0n) is 17.2. The van der Waals surface area contributed by atoms with Crippen molar-refractivity contribution in [3.8, 4) is 11.5 Å². The third-order valence-corrected chi connectivity index (χ3v) is 5.87. The summed E-state index contributed by atoms with van der Waals surface area (Å²) in [5.41, 5.74) is 1.90. The van der Waals surface area contributed by atoms with E-state index in [9.17, 15) is 20.1 Å². The highest BCUT2D eigenvalue weighted by Crippen LogP contribution is 2.50. The molecule has 1 aromatic rings. The number of hydrogen-bond acceptors (Lipinski definition) is 3. The molecule has 1 fully saturated rings. The van der Waals surface area contributed by atoms with E-state index in [-0.39, 0.29) is 11.5 Å². The van der Waals surface area contributed by atoms with E-state index in [4.69, 9.17) is 0 Å². The van der Waals surface area contributed by atoms with Gasteiger partial charge < -0.3 is 15.3 Å². The maximum Gasteiger partial charge on any atom is 0.309 e. The molecule has 4 nitrogen and oxygen atoms in total. The molecular formula is C23H36O4. The van der Waals surface area contributed by atoms with Gasteiger partial charge in [-0.1, -0.05) is 46.1 Å². The zero-order valence-corrected chi connectivity index (χ0v) is 17.2. The second kappa shape index (κ2) is 8.99. The van der Waals surface area contributed by atoms with Crippen LogP contribution in [-0.2, 0) is 17.6 Å². The van der Waals surface area contributed by atoms with Crippen molar-refractivity contribution in [1.29, 1.82) is 0 Å². The molecule has 0 radical (unpaired) electrons. The number of aliphatic carboxylic acids is 1. The molecule has 0 saturated heterocycles. The molecule has 4 heteroatoms. The van der Waals surface area contributed by atoms with Crippen LogP contribution in [0.25, 0.3) is 0 Å². The van der Waals surface area contributed by atoms with Gasteiger partial charge in [0, 0.05) is 5.56 Å². The Balaban J connectivity index is 1.83. The molecule has 152 valence electrons. The van der Waals surface area contributed by atoms with Gasteiger partial charge in [-0.05, 0) is 68.4 Å². The molecule has 1 saturated carbocycles. The van der Waals surface area contributed by atoms with Crippen LogP contribution in [-0.4, -0.2) is 21.3 Å².